The van der Waals surface area contributed by atoms with E-state index in [1.165, 1.54) is 11.1 Å². The van der Waals surface area contributed by atoms with Gasteiger partial charge in [0.15, 0.2) is 0 Å². The van der Waals surface area contributed by atoms with Gasteiger partial charge in [-0.3, -0.25) is 5.10 Å². The SMILES string of the molecule is Cc1c(N)n[nH]c1-c1ccc2c(c1)COC2. The van der Waals surface area contributed by atoms with Crippen molar-refractivity contribution in [3.8, 4) is 11.3 Å². The van der Waals surface area contributed by atoms with E-state index in [9.17, 15) is 0 Å². The zero-order valence-corrected chi connectivity index (χ0v) is 9.08. The number of nitrogens with one attached hydrogen (secondary N) is 1. The van der Waals surface area contributed by atoms with Crippen molar-refractivity contribution in [1.29, 1.82) is 0 Å². The number of hydrogen-bond donors (Lipinski definition) is 2. The van der Waals surface area contributed by atoms with Gasteiger partial charge in [0.2, 0.25) is 0 Å². The van der Waals surface area contributed by atoms with Gasteiger partial charge in [-0.1, -0.05) is 12.1 Å². The van der Waals surface area contributed by atoms with E-state index in [2.05, 4.69) is 28.4 Å². The number of rotatable bonds is 1. The average molecular weight is 215 g/mol. The van der Waals surface area contributed by atoms with Crippen LogP contribution in [0.2, 0.25) is 0 Å². The van der Waals surface area contributed by atoms with Crippen molar-refractivity contribution in [1.82, 2.24) is 10.2 Å². The Kier molecular flexibility index (Phi) is 1.97. The quantitative estimate of drug-likeness (QED) is 0.764. The molecule has 1 aliphatic heterocycles. The van der Waals surface area contributed by atoms with Gasteiger partial charge >= 0.3 is 0 Å². The zero-order chi connectivity index (χ0) is 11.1. The molecule has 2 heterocycles. The molecule has 4 nitrogen and oxygen atoms in total. The van der Waals surface area contributed by atoms with E-state index in [-0.39, 0.29) is 0 Å². The summed E-state index contributed by atoms with van der Waals surface area (Å²) in [5, 5.41) is 6.97. The van der Waals surface area contributed by atoms with Gasteiger partial charge in [0.1, 0.15) is 5.82 Å². The first-order valence-electron chi connectivity index (χ1n) is 5.26. The number of aromatic nitrogens is 2. The Labute approximate surface area is 93.4 Å². The normalized spacial score (nSPS) is 14.1. The highest BCUT2D eigenvalue weighted by Gasteiger charge is 2.14. The molecule has 0 bridgehead atoms. The summed E-state index contributed by atoms with van der Waals surface area (Å²) >= 11 is 0. The van der Waals surface area contributed by atoms with Crippen LogP contribution >= 0.6 is 0 Å². The molecule has 2 aromatic rings. The number of aromatic amines is 1. The fourth-order valence-electron chi connectivity index (χ4n) is 2.02. The van der Waals surface area contributed by atoms with Crippen molar-refractivity contribution < 1.29 is 4.74 Å². The minimum Gasteiger partial charge on any atom is -0.382 e. The maximum Gasteiger partial charge on any atom is 0.148 e. The number of benzene rings is 1. The maximum atomic E-state index is 5.72. The Morgan fingerprint density at radius 3 is 2.88 bits per heavy atom. The standard InChI is InChI=1S/C12H13N3O/c1-7-11(14-15-12(7)13)8-2-3-9-5-16-6-10(9)4-8/h2-4H,5-6H2,1H3,(H3,13,14,15). The lowest BCUT2D eigenvalue weighted by Crippen LogP contribution is -1.88. The molecule has 1 aromatic heterocycles. The van der Waals surface area contributed by atoms with Gasteiger partial charge < -0.3 is 10.5 Å². The summed E-state index contributed by atoms with van der Waals surface area (Å²) in [7, 11) is 0. The lowest BCUT2D eigenvalue weighted by atomic mass is 10.0. The van der Waals surface area contributed by atoms with Crippen LogP contribution in [0, 0.1) is 6.92 Å². The smallest absolute Gasteiger partial charge is 0.148 e. The number of H-pyrrole nitrogens is 1. The van der Waals surface area contributed by atoms with Crippen molar-refractivity contribution in [3.05, 3.63) is 34.9 Å². The van der Waals surface area contributed by atoms with E-state index in [1.54, 1.807) is 0 Å². The third-order valence-electron chi connectivity index (χ3n) is 3.06. The van der Waals surface area contributed by atoms with Gasteiger partial charge in [-0.15, -0.1) is 0 Å². The number of anilines is 1. The number of nitrogen functional groups attached to an aromatic ring is 1. The summed E-state index contributed by atoms with van der Waals surface area (Å²) in [6, 6.07) is 6.32. The Morgan fingerprint density at radius 2 is 2.12 bits per heavy atom. The van der Waals surface area contributed by atoms with E-state index in [0.717, 1.165) is 23.4 Å². The minimum atomic E-state index is 0.562. The van der Waals surface area contributed by atoms with Gasteiger partial charge in [0.05, 0.1) is 18.9 Å². The highest BCUT2D eigenvalue weighted by Crippen LogP contribution is 2.28. The summed E-state index contributed by atoms with van der Waals surface area (Å²) in [5.41, 5.74) is 11.4. The molecule has 0 saturated heterocycles. The molecule has 0 radical (unpaired) electrons. The summed E-state index contributed by atoms with van der Waals surface area (Å²) in [4.78, 5) is 0. The predicted molar refractivity (Wildman–Crippen MR) is 61.7 cm³/mol. The van der Waals surface area contributed by atoms with Crippen LogP contribution in [0.5, 0.6) is 0 Å². The molecule has 0 aliphatic carbocycles. The van der Waals surface area contributed by atoms with Crippen LogP contribution in [0.4, 0.5) is 5.82 Å². The van der Waals surface area contributed by atoms with E-state index in [4.69, 9.17) is 10.5 Å². The largest absolute Gasteiger partial charge is 0.382 e. The molecular formula is C12H13N3O. The van der Waals surface area contributed by atoms with Crippen molar-refractivity contribution in [3.63, 3.8) is 0 Å². The van der Waals surface area contributed by atoms with Crippen molar-refractivity contribution in [2.45, 2.75) is 20.1 Å². The molecule has 82 valence electrons. The Balaban J connectivity index is 2.10. The van der Waals surface area contributed by atoms with Crippen LogP contribution in [-0.2, 0) is 18.0 Å². The molecule has 0 amide bonds. The molecule has 0 spiro atoms. The molecule has 0 unspecified atom stereocenters. The topological polar surface area (TPSA) is 63.9 Å². The van der Waals surface area contributed by atoms with Gasteiger partial charge in [-0.05, 0) is 24.1 Å². The van der Waals surface area contributed by atoms with E-state index in [1.807, 2.05) is 6.92 Å². The first kappa shape index (κ1) is 9.42. The molecule has 0 saturated carbocycles. The number of ether oxygens (including phenoxy) is 1. The van der Waals surface area contributed by atoms with Crippen molar-refractivity contribution >= 4 is 5.82 Å². The van der Waals surface area contributed by atoms with Crippen molar-refractivity contribution in [2.75, 3.05) is 5.73 Å². The predicted octanol–water partition coefficient (Wildman–Crippen LogP) is 2.00. The zero-order valence-electron chi connectivity index (χ0n) is 9.08. The van der Waals surface area contributed by atoms with E-state index >= 15 is 0 Å². The highest BCUT2D eigenvalue weighted by molar-refractivity contribution is 5.68. The summed E-state index contributed by atoms with van der Waals surface area (Å²) in [6.45, 7) is 3.39. The van der Waals surface area contributed by atoms with Crippen LogP contribution in [0.15, 0.2) is 18.2 Å². The molecule has 4 heteroatoms. The number of nitrogens with two attached hydrogens (primary N) is 1. The highest BCUT2D eigenvalue weighted by atomic mass is 16.5. The molecule has 3 rings (SSSR count). The third kappa shape index (κ3) is 1.31. The lowest BCUT2D eigenvalue weighted by molar-refractivity contribution is 0.134. The third-order valence-corrected chi connectivity index (χ3v) is 3.06. The maximum absolute atomic E-state index is 5.72. The average Bonchev–Trinajstić information content (AvgIpc) is 2.86. The fraction of sp³-hybridized carbons (Fsp3) is 0.250. The van der Waals surface area contributed by atoms with Gasteiger partial charge in [-0.2, -0.15) is 5.10 Å². The number of fused-ring (bicyclic) bond motifs is 1. The van der Waals surface area contributed by atoms with E-state index in [0.29, 0.717) is 12.4 Å². The van der Waals surface area contributed by atoms with Gasteiger partial charge in [0.25, 0.3) is 0 Å². The van der Waals surface area contributed by atoms with Crippen LogP contribution < -0.4 is 5.73 Å². The first-order valence-corrected chi connectivity index (χ1v) is 5.26. The molecule has 0 fully saturated rings. The van der Waals surface area contributed by atoms with Gasteiger partial charge in [-0.25, -0.2) is 0 Å². The molecule has 3 N–H and O–H groups in total. The Morgan fingerprint density at radius 1 is 1.31 bits per heavy atom. The Hall–Kier alpha value is -1.81. The molecule has 0 atom stereocenters. The fourth-order valence-corrected chi connectivity index (χ4v) is 2.02. The second-order valence-corrected chi connectivity index (χ2v) is 4.09. The monoisotopic (exact) mass is 215 g/mol. The number of nitrogens with zero attached hydrogens (tertiary/aromatic N) is 1. The summed E-state index contributed by atoms with van der Waals surface area (Å²) in [5.74, 6) is 0.562. The first-order chi connectivity index (χ1) is 7.75. The Bertz CT molecular complexity index is 545. The van der Waals surface area contributed by atoms with Crippen LogP contribution in [0.25, 0.3) is 11.3 Å². The van der Waals surface area contributed by atoms with E-state index < -0.39 is 0 Å². The molecule has 16 heavy (non-hydrogen) atoms. The van der Waals surface area contributed by atoms with Crippen molar-refractivity contribution in [2.24, 2.45) is 0 Å². The number of hydrogen-bond acceptors (Lipinski definition) is 3. The molecular weight excluding hydrogens is 202 g/mol. The second kappa shape index (κ2) is 3.35. The summed E-state index contributed by atoms with van der Waals surface area (Å²) in [6.07, 6.45) is 0. The van der Waals surface area contributed by atoms with Gasteiger partial charge in [0, 0.05) is 11.1 Å². The summed E-state index contributed by atoms with van der Waals surface area (Å²) < 4.78 is 5.39. The molecule has 1 aliphatic rings. The van der Waals surface area contributed by atoms with Crippen LogP contribution in [0.1, 0.15) is 16.7 Å². The molecule has 1 aromatic carbocycles. The second-order valence-electron chi connectivity index (χ2n) is 4.09. The van der Waals surface area contributed by atoms with Crippen LogP contribution in [-0.4, -0.2) is 10.2 Å². The minimum absolute atomic E-state index is 0.562. The lowest BCUT2D eigenvalue weighted by Gasteiger charge is -2.02. The van der Waals surface area contributed by atoms with Crippen LogP contribution in [0.3, 0.4) is 0 Å².